The van der Waals surface area contributed by atoms with E-state index in [0.29, 0.717) is 24.7 Å². The Hall–Kier alpha value is -1.31. The SMILES string of the molecule is CCCCCCC(O)C#C[C@H]1[C@@H]2CC(=CCCC(=O)O)[C@@H]2CC[C@@H]1O. The topological polar surface area (TPSA) is 77.8 Å². The van der Waals surface area contributed by atoms with E-state index in [1.54, 1.807) is 0 Å². The van der Waals surface area contributed by atoms with Gasteiger partial charge in [0, 0.05) is 6.42 Å². The van der Waals surface area contributed by atoms with E-state index in [2.05, 4.69) is 24.8 Å². The molecule has 2 aliphatic carbocycles. The van der Waals surface area contributed by atoms with E-state index in [-0.39, 0.29) is 12.3 Å². The van der Waals surface area contributed by atoms with Crippen LogP contribution in [0.2, 0.25) is 0 Å². The van der Waals surface area contributed by atoms with Crippen LogP contribution in [0.25, 0.3) is 0 Å². The lowest BCUT2D eigenvalue weighted by Crippen LogP contribution is -2.44. The normalized spacial score (nSPS) is 30.8. The lowest BCUT2D eigenvalue weighted by molar-refractivity contribution is -0.136. The van der Waals surface area contributed by atoms with E-state index in [1.165, 1.54) is 18.4 Å². The van der Waals surface area contributed by atoms with Crippen molar-refractivity contribution in [1.82, 2.24) is 0 Å². The molecule has 140 valence electrons. The molecule has 4 heteroatoms. The van der Waals surface area contributed by atoms with Crippen LogP contribution < -0.4 is 0 Å². The molecule has 2 aliphatic rings. The Kier molecular flexibility index (Phi) is 7.99. The number of carboxylic acids is 1. The van der Waals surface area contributed by atoms with Gasteiger partial charge < -0.3 is 15.3 Å². The first-order chi connectivity index (χ1) is 12.0. The molecule has 1 unspecified atom stereocenters. The maximum Gasteiger partial charge on any atom is 0.303 e. The number of rotatable bonds is 8. The third-order valence-electron chi connectivity index (χ3n) is 5.63. The van der Waals surface area contributed by atoms with Crippen molar-refractivity contribution in [2.24, 2.45) is 17.8 Å². The molecule has 3 N–H and O–H groups in total. The summed E-state index contributed by atoms with van der Waals surface area (Å²) in [6, 6.07) is 0. The number of hydrogen-bond acceptors (Lipinski definition) is 3. The fourth-order valence-electron chi connectivity index (χ4n) is 4.12. The van der Waals surface area contributed by atoms with Crippen LogP contribution in [-0.2, 0) is 4.79 Å². The fraction of sp³-hybridized carbons (Fsp3) is 0.762. The first-order valence-corrected chi connectivity index (χ1v) is 9.80. The maximum absolute atomic E-state index is 10.6. The minimum Gasteiger partial charge on any atom is -0.481 e. The number of aliphatic hydroxyl groups is 2. The summed E-state index contributed by atoms with van der Waals surface area (Å²) < 4.78 is 0. The van der Waals surface area contributed by atoms with Gasteiger partial charge in [-0.2, -0.15) is 0 Å². The van der Waals surface area contributed by atoms with Gasteiger partial charge in [0.05, 0.1) is 12.0 Å². The fourth-order valence-corrected chi connectivity index (χ4v) is 4.12. The molecule has 0 heterocycles. The van der Waals surface area contributed by atoms with Gasteiger partial charge in [0.15, 0.2) is 0 Å². The van der Waals surface area contributed by atoms with Crippen LogP contribution in [0.1, 0.15) is 71.1 Å². The molecule has 4 nitrogen and oxygen atoms in total. The van der Waals surface area contributed by atoms with Gasteiger partial charge in [0.25, 0.3) is 0 Å². The average molecular weight is 348 g/mol. The van der Waals surface area contributed by atoms with E-state index >= 15 is 0 Å². The number of hydrogen-bond donors (Lipinski definition) is 3. The maximum atomic E-state index is 10.6. The van der Waals surface area contributed by atoms with Crippen LogP contribution >= 0.6 is 0 Å². The summed E-state index contributed by atoms with van der Waals surface area (Å²) in [7, 11) is 0. The van der Waals surface area contributed by atoms with Crippen molar-refractivity contribution < 1.29 is 20.1 Å². The molecule has 0 radical (unpaired) electrons. The Balaban J connectivity index is 1.85. The van der Waals surface area contributed by atoms with E-state index in [0.717, 1.165) is 32.1 Å². The zero-order valence-corrected chi connectivity index (χ0v) is 15.3. The van der Waals surface area contributed by atoms with Crippen molar-refractivity contribution in [2.45, 2.75) is 83.3 Å². The third-order valence-corrected chi connectivity index (χ3v) is 5.63. The van der Waals surface area contributed by atoms with Gasteiger partial charge in [-0.15, -0.1) is 0 Å². The summed E-state index contributed by atoms with van der Waals surface area (Å²) in [6.45, 7) is 2.17. The van der Waals surface area contributed by atoms with Crippen molar-refractivity contribution in [3.8, 4) is 11.8 Å². The Labute approximate surface area is 151 Å². The lowest BCUT2D eigenvalue weighted by atomic mass is 9.57. The second-order valence-electron chi connectivity index (χ2n) is 7.51. The van der Waals surface area contributed by atoms with Crippen molar-refractivity contribution in [3.63, 3.8) is 0 Å². The quantitative estimate of drug-likeness (QED) is 0.356. The van der Waals surface area contributed by atoms with Gasteiger partial charge in [0.1, 0.15) is 6.10 Å². The van der Waals surface area contributed by atoms with Crippen LogP contribution in [0, 0.1) is 29.6 Å². The van der Waals surface area contributed by atoms with Crippen LogP contribution in [-0.4, -0.2) is 33.5 Å². The summed E-state index contributed by atoms with van der Waals surface area (Å²) in [6.07, 6.45) is 9.68. The number of allylic oxidation sites excluding steroid dienone is 2. The van der Waals surface area contributed by atoms with E-state index < -0.39 is 18.2 Å². The largest absolute Gasteiger partial charge is 0.481 e. The van der Waals surface area contributed by atoms with Crippen LogP contribution in [0.3, 0.4) is 0 Å². The van der Waals surface area contributed by atoms with E-state index in [4.69, 9.17) is 5.11 Å². The predicted molar refractivity (Wildman–Crippen MR) is 97.8 cm³/mol. The van der Waals surface area contributed by atoms with Crippen molar-refractivity contribution in [2.75, 3.05) is 0 Å². The molecular formula is C21H32O4. The van der Waals surface area contributed by atoms with Gasteiger partial charge in [-0.1, -0.05) is 49.7 Å². The number of aliphatic carboxylic acids is 1. The Morgan fingerprint density at radius 2 is 2.12 bits per heavy atom. The first-order valence-electron chi connectivity index (χ1n) is 9.80. The van der Waals surface area contributed by atoms with Gasteiger partial charge in [-0.3, -0.25) is 4.79 Å². The van der Waals surface area contributed by atoms with Gasteiger partial charge >= 0.3 is 5.97 Å². The van der Waals surface area contributed by atoms with E-state index in [9.17, 15) is 15.0 Å². The standard InChI is InChI=1S/C21H32O4/c1-2-3-4-5-8-16(22)10-11-18-19-14-15(7-6-9-21(24)25)17(19)12-13-20(18)23/h7,16-20,22-23H,2-6,8-9,12-14H2,1H3,(H,24,25)/t16?,17-,18-,19+,20-/m0/s1. The smallest absolute Gasteiger partial charge is 0.303 e. The van der Waals surface area contributed by atoms with Crippen molar-refractivity contribution in [3.05, 3.63) is 11.6 Å². The average Bonchev–Trinajstić information content (AvgIpc) is 2.55. The molecule has 25 heavy (non-hydrogen) atoms. The molecule has 0 aromatic rings. The molecular weight excluding hydrogens is 316 g/mol. The van der Waals surface area contributed by atoms with Gasteiger partial charge in [-0.05, 0) is 50.4 Å². The highest BCUT2D eigenvalue weighted by Crippen LogP contribution is 2.51. The monoisotopic (exact) mass is 348 g/mol. The van der Waals surface area contributed by atoms with Gasteiger partial charge in [-0.25, -0.2) is 0 Å². The van der Waals surface area contributed by atoms with Crippen LogP contribution in [0.4, 0.5) is 0 Å². The number of fused-ring (bicyclic) bond motifs is 1. The number of carbonyl (C=O) groups is 1. The minimum absolute atomic E-state index is 0.0549. The van der Waals surface area contributed by atoms with Crippen molar-refractivity contribution in [1.29, 1.82) is 0 Å². The molecule has 0 spiro atoms. The molecule has 2 rings (SSSR count). The summed E-state index contributed by atoms with van der Waals surface area (Å²) >= 11 is 0. The first kappa shape index (κ1) is 20.0. The summed E-state index contributed by atoms with van der Waals surface area (Å²) in [5, 5.41) is 29.1. The molecule has 2 saturated carbocycles. The molecule has 0 aromatic heterocycles. The summed E-state index contributed by atoms with van der Waals surface area (Å²) in [5.74, 6) is 6.12. The van der Waals surface area contributed by atoms with Crippen molar-refractivity contribution >= 4 is 5.97 Å². The highest BCUT2D eigenvalue weighted by atomic mass is 16.4. The van der Waals surface area contributed by atoms with Crippen LogP contribution in [0.15, 0.2) is 11.6 Å². The minimum atomic E-state index is -0.761. The predicted octanol–water partition coefficient (Wildman–Crippen LogP) is 3.52. The zero-order chi connectivity index (χ0) is 18.2. The number of aliphatic hydroxyl groups excluding tert-OH is 2. The summed E-state index contributed by atoms with van der Waals surface area (Å²) in [5.41, 5.74) is 1.34. The highest BCUT2D eigenvalue weighted by Gasteiger charge is 2.46. The molecule has 0 aromatic carbocycles. The Bertz CT molecular complexity index is 528. The second-order valence-corrected chi connectivity index (χ2v) is 7.51. The molecule has 0 saturated heterocycles. The molecule has 0 aliphatic heterocycles. The van der Waals surface area contributed by atoms with Crippen LogP contribution in [0.5, 0.6) is 0 Å². The molecule has 2 fully saturated rings. The number of unbranched alkanes of at least 4 members (excludes halogenated alkanes) is 3. The Morgan fingerprint density at radius 1 is 1.32 bits per heavy atom. The molecule has 0 amide bonds. The second kappa shape index (κ2) is 9.99. The van der Waals surface area contributed by atoms with Gasteiger partial charge in [0.2, 0.25) is 0 Å². The highest BCUT2D eigenvalue weighted by molar-refractivity contribution is 5.66. The summed E-state index contributed by atoms with van der Waals surface area (Å²) in [4.78, 5) is 10.6. The molecule has 5 atom stereocenters. The zero-order valence-electron chi connectivity index (χ0n) is 15.3. The number of carboxylic acid groups (broad SMARTS) is 1. The molecule has 0 bridgehead atoms. The third kappa shape index (κ3) is 5.87. The Morgan fingerprint density at radius 3 is 2.84 bits per heavy atom. The van der Waals surface area contributed by atoms with E-state index in [1.807, 2.05) is 0 Å². The lowest BCUT2D eigenvalue weighted by Gasteiger charge is -2.48.